The Kier molecular flexibility index (Phi) is 4.09. The van der Waals surface area contributed by atoms with Crippen LogP contribution in [0.1, 0.15) is 17.3 Å². The van der Waals surface area contributed by atoms with Gasteiger partial charge in [0.15, 0.2) is 11.6 Å². The molecule has 0 amide bonds. The zero-order valence-electron chi connectivity index (χ0n) is 9.00. The van der Waals surface area contributed by atoms with Gasteiger partial charge < -0.3 is 5.73 Å². The van der Waals surface area contributed by atoms with E-state index in [1.54, 1.807) is 12.3 Å². The molecule has 2 rings (SSSR count). The molecule has 0 aliphatic carbocycles. The number of rotatable bonds is 2. The highest BCUT2D eigenvalue weighted by Crippen LogP contribution is 2.29. The first-order valence-corrected chi connectivity index (χ1v) is 6.59. The van der Waals surface area contributed by atoms with Crippen molar-refractivity contribution in [3.63, 3.8) is 0 Å². The summed E-state index contributed by atoms with van der Waals surface area (Å²) in [5, 5.41) is 0. The number of hydrogen-bond donors (Lipinski definition) is 1. The summed E-state index contributed by atoms with van der Waals surface area (Å²) in [5.74, 6) is -1.86. The van der Waals surface area contributed by atoms with Crippen LogP contribution < -0.4 is 5.73 Å². The van der Waals surface area contributed by atoms with E-state index in [0.717, 1.165) is 10.5 Å². The molecule has 2 aromatic rings. The molecule has 0 saturated heterocycles. The maximum Gasteiger partial charge on any atom is 0.163 e. The van der Waals surface area contributed by atoms with Gasteiger partial charge in [-0.05, 0) is 44.0 Å². The van der Waals surface area contributed by atoms with Crippen molar-refractivity contribution >= 4 is 31.9 Å². The molecule has 94 valence electrons. The molecule has 2 nitrogen and oxygen atoms in total. The average molecular weight is 378 g/mol. The van der Waals surface area contributed by atoms with E-state index in [1.165, 1.54) is 12.1 Å². The molecular weight excluding hydrogens is 370 g/mol. The molecule has 0 bridgehead atoms. The number of nitrogens with zero attached hydrogens (tertiary/aromatic N) is 1. The lowest BCUT2D eigenvalue weighted by Crippen LogP contribution is -2.16. The Morgan fingerprint density at radius 1 is 1.22 bits per heavy atom. The summed E-state index contributed by atoms with van der Waals surface area (Å²) in [6, 6.07) is 4.83. The summed E-state index contributed by atoms with van der Waals surface area (Å²) in [4.78, 5) is 4.12. The van der Waals surface area contributed by atoms with Crippen molar-refractivity contribution in [2.45, 2.75) is 6.04 Å². The molecule has 6 heteroatoms. The zero-order chi connectivity index (χ0) is 13.3. The first-order chi connectivity index (χ1) is 8.50. The second kappa shape index (κ2) is 5.42. The Balaban J connectivity index is 2.48. The Bertz CT molecular complexity index is 590. The van der Waals surface area contributed by atoms with Crippen LogP contribution in [0.2, 0.25) is 0 Å². The highest BCUT2D eigenvalue weighted by molar-refractivity contribution is 9.11. The van der Waals surface area contributed by atoms with Gasteiger partial charge in [-0.15, -0.1) is 0 Å². The van der Waals surface area contributed by atoms with Gasteiger partial charge in [-0.2, -0.15) is 0 Å². The van der Waals surface area contributed by atoms with Crippen LogP contribution in [0, 0.1) is 11.6 Å². The van der Waals surface area contributed by atoms with Gasteiger partial charge in [0.25, 0.3) is 0 Å². The molecule has 0 fully saturated rings. The predicted octanol–water partition coefficient (Wildman–Crippen LogP) is 3.93. The molecule has 1 unspecified atom stereocenters. The van der Waals surface area contributed by atoms with Crippen LogP contribution in [0.15, 0.2) is 39.4 Å². The van der Waals surface area contributed by atoms with E-state index < -0.39 is 17.7 Å². The van der Waals surface area contributed by atoms with E-state index in [2.05, 4.69) is 36.8 Å². The third kappa shape index (κ3) is 2.60. The van der Waals surface area contributed by atoms with Crippen molar-refractivity contribution in [1.29, 1.82) is 0 Å². The molecule has 0 aliphatic heterocycles. The van der Waals surface area contributed by atoms with Crippen molar-refractivity contribution in [1.82, 2.24) is 4.98 Å². The molecule has 0 saturated carbocycles. The van der Waals surface area contributed by atoms with Gasteiger partial charge in [-0.1, -0.05) is 12.1 Å². The van der Waals surface area contributed by atoms with Crippen molar-refractivity contribution in [3.8, 4) is 0 Å². The lowest BCUT2D eigenvalue weighted by molar-refractivity contribution is 0.493. The van der Waals surface area contributed by atoms with Crippen LogP contribution in [0.25, 0.3) is 0 Å². The van der Waals surface area contributed by atoms with Crippen molar-refractivity contribution in [2.75, 3.05) is 0 Å². The number of aromatic nitrogens is 1. The van der Waals surface area contributed by atoms with Gasteiger partial charge >= 0.3 is 0 Å². The molecule has 18 heavy (non-hydrogen) atoms. The van der Waals surface area contributed by atoms with Gasteiger partial charge in [0.05, 0.1) is 11.7 Å². The maximum absolute atomic E-state index is 13.6. The third-order valence-electron chi connectivity index (χ3n) is 2.45. The summed E-state index contributed by atoms with van der Waals surface area (Å²) in [6.45, 7) is 0. The van der Waals surface area contributed by atoms with Crippen LogP contribution in [-0.2, 0) is 0 Å². The van der Waals surface area contributed by atoms with Gasteiger partial charge in [0, 0.05) is 20.7 Å². The molecule has 2 N–H and O–H groups in total. The van der Waals surface area contributed by atoms with Crippen LogP contribution in [0.4, 0.5) is 8.78 Å². The quantitative estimate of drug-likeness (QED) is 0.861. The number of hydrogen-bond acceptors (Lipinski definition) is 2. The smallest absolute Gasteiger partial charge is 0.163 e. The predicted molar refractivity (Wildman–Crippen MR) is 72.0 cm³/mol. The van der Waals surface area contributed by atoms with E-state index in [9.17, 15) is 8.78 Å². The largest absolute Gasteiger partial charge is 0.319 e. The fraction of sp³-hybridized carbons (Fsp3) is 0.0833. The van der Waals surface area contributed by atoms with Gasteiger partial charge in [-0.3, -0.25) is 4.98 Å². The van der Waals surface area contributed by atoms with E-state index >= 15 is 0 Å². The minimum Gasteiger partial charge on any atom is -0.319 e. The van der Waals surface area contributed by atoms with Crippen LogP contribution in [0.5, 0.6) is 0 Å². The average Bonchev–Trinajstić information content (AvgIpc) is 2.32. The Labute approximate surface area is 119 Å². The summed E-state index contributed by atoms with van der Waals surface area (Å²) in [6.07, 6.45) is 1.55. The summed E-state index contributed by atoms with van der Waals surface area (Å²) >= 11 is 6.56. The standard InChI is InChI=1S/C12H8Br2F2N2/c13-6-4-8(14)12(18-5-6)11(17)7-2-1-3-9(15)10(7)16/h1-5,11H,17H2. The Hall–Kier alpha value is -0.850. The number of pyridine rings is 1. The normalized spacial score (nSPS) is 12.5. The highest BCUT2D eigenvalue weighted by atomic mass is 79.9. The van der Waals surface area contributed by atoms with E-state index in [4.69, 9.17) is 5.73 Å². The Morgan fingerprint density at radius 3 is 2.61 bits per heavy atom. The number of nitrogens with two attached hydrogens (primary N) is 1. The monoisotopic (exact) mass is 376 g/mol. The summed E-state index contributed by atoms with van der Waals surface area (Å²) < 4.78 is 28.2. The van der Waals surface area contributed by atoms with Crippen molar-refractivity contribution in [2.24, 2.45) is 5.73 Å². The SMILES string of the molecule is NC(c1cccc(F)c1F)c1ncc(Br)cc1Br. The van der Waals surface area contributed by atoms with Crippen molar-refractivity contribution in [3.05, 3.63) is 62.3 Å². The van der Waals surface area contributed by atoms with Crippen LogP contribution in [-0.4, -0.2) is 4.98 Å². The van der Waals surface area contributed by atoms with Crippen LogP contribution in [0.3, 0.4) is 0 Å². The lowest BCUT2D eigenvalue weighted by atomic mass is 10.0. The topological polar surface area (TPSA) is 38.9 Å². The summed E-state index contributed by atoms with van der Waals surface area (Å²) in [7, 11) is 0. The number of halogens is 4. The lowest BCUT2D eigenvalue weighted by Gasteiger charge is -2.14. The number of benzene rings is 1. The van der Waals surface area contributed by atoms with Gasteiger partial charge in [-0.25, -0.2) is 8.78 Å². The molecule has 0 spiro atoms. The van der Waals surface area contributed by atoms with Crippen LogP contribution >= 0.6 is 31.9 Å². The van der Waals surface area contributed by atoms with Crippen molar-refractivity contribution < 1.29 is 8.78 Å². The zero-order valence-corrected chi connectivity index (χ0v) is 12.2. The third-order valence-corrected chi connectivity index (χ3v) is 3.52. The fourth-order valence-electron chi connectivity index (χ4n) is 1.56. The summed E-state index contributed by atoms with van der Waals surface area (Å²) in [5.41, 5.74) is 6.44. The van der Waals surface area contributed by atoms with Gasteiger partial charge in [0.1, 0.15) is 0 Å². The van der Waals surface area contributed by atoms with E-state index in [-0.39, 0.29) is 5.56 Å². The molecule has 1 heterocycles. The van der Waals surface area contributed by atoms with E-state index in [0.29, 0.717) is 10.2 Å². The molecule has 1 aromatic heterocycles. The molecular formula is C12H8Br2F2N2. The van der Waals surface area contributed by atoms with E-state index in [1.807, 2.05) is 0 Å². The molecule has 1 atom stereocenters. The first kappa shape index (κ1) is 13.6. The molecule has 1 aromatic carbocycles. The second-order valence-electron chi connectivity index (χ2n) is 3.64. The first-order valence-electron chi connectivity index (χ1n) is 5.01. The maximum atomic E-state index is 13.6. The Morgan fingerprint density at radius 2 is 1.94 bits per heavy atom. The molecule has 0 aliphatic rings. The minimum atomic E-state index is -0.943. The van der Waals surface area contributed by atoms with Gasteiger partial charge in [0.2, 0.25) is 0 Å². The molecule has 0 radical (unpaired) electrons. The fourth-order valence-corrected chi connectivity index (χ4v) is 2.80. The highest BCUT2D eigenvalue weighted by Gasteiger charge is 2.19. The minimum absolute atomic E-state index is 0.0746. The second-order valence-corrected chi connectivity index (χ2v) is 5.41.